The summed E-state index contributed by atoms with van der Waals surface area (Å²) in [6, 6.07) is 3.82. The van der Waals surface area contributed by atoms with Crippen LogP contribution in [0.15, 0.2) is 49.1 Å². The van der Waals surface area contributed by atoms with Crippen LogP contribution in [-0.2, 0) is 6.18 Å². The van der Waals surface area contributed by atoms with Crippen molar-refractivity contribution in [2.75, 3.05) is 10.6 Å². The van der Waals surface area contributed by atoms with E-state index < -0.39 is 23.5 Å². The molecule has 0 aliphatic carbocycles. The summed E-state index contributed by atoms with van der Waals surface area (Å²) >= 11 is 6.09. The van der Waals surface area contributed by atoms with E-state index in [1.165, 1.54) is 36.9 Å². The average molecular weight is 463 g/mol. The van der Waals surface area contributed by atoms with E-state index in [0.29, 0.717) is 16.9 Å². The number of anilines is 2. The van der Waals surface area contributed by atoms with Gasteiger partial charge in [-0.05, 0) is 31.2 Å². The first-order chi connectivity index (χ1) is 15.2. The molecular weight excluding hydrogens is 449 g/mol. The molecule has 164 valence electrons. The number of pyridine rings is 1. The maximum absolute atomic E-state index is 13.7. The van der Waals surface area contributed by atoms with Crippen LogP contribution >= 0.6 is 11.6 Å². The molecule has 2 amide bonds. The largest absolute Gasteiger partial charge is 0.456 e. The standard InChI is InChI=1S/C20H14ClF3N6O2/c1-10-26-7-12(8-27-10)30-19(31)29-11-2-3-15(13(6-11)20(22,23)24)32-16-4-5-25-18-17(16)14(21)9-28-18/h2-9H,1H3,(H,25,28)(H2,29,30,31). The van der Waals surface area contributed by atoms with Gasteiger partial charge in [0.2, 0.25) is 0 Å². The number of ether oxygens (including phenoxy) is 1. The lowest BCUT2D eigenvalue weighted by Crippen LogP contribution is -2.20. The lowest BCUT2D eigenvalue weighted by Gasteiger charge is -2.16. The minimum atomic E-state index is -4.75. The molecule has 0 atom stereocenters. The van der Waals surface area contributed by atoms with Crippen LogP contribution in [0.3, 0.4) is 0 Å². The Morgan fingerprint density at radius 3 is 2.50 bits per heavy atom. The van der Waals surface area contributed by atoms with Crippen LogP contribution in [0.1, 0.15) is 11.4 Å². The number of urea groups is 1. The van der Waals surface area contributed by atoms with Crippen LogP contribution in [0.5, 0.6) is 11.5 Å². The quantitative estimate of drug-likeness (QED) is 0.357. The average Bonchev–Trinajstić information content (AvgIpc) is 3.12. The van der Waals surface area contributed by atoms with E-state index in [4.69, 9.17) is 16.3 Å². The van der Waals surface area contributed by atoms with Gasteiger partial charge in [0.05, 0.1) is 28.5 Å². The first kappa shape index (κ1) is 21.4. The number of carbonyl (C=O) groups is 1. The van der Waals surface area contributed by atoms with Gasteiger partial charge in [-0.25, -0.2) is 19.7 Å². The van der Waals surface area contributed by atoms with Crippen molar-refractivity contribution in [2.24, 2.45) is 0 Å². The molecule has 0 bridgehead atoms. The second-order valence-electron chi connectivity index (χ2n) is 6.58. The zero-order valence-electron chi connectivity index (χ0n) is 16.3. The Balaban J connectivity index is 1.60. The summed E-state index contributed by atoms with van der Waals surface area (Å²) in [7, 11) is 0. The van der Waals surface area contributed by atoms with Crippen LogP contribution in [-0.4, -0.2) is 26.0 Å². The van der Waals surface area contributed by atoms with Crippen molar-refractivity contribution in [1.29, 1.82) is 0 Å². The van der Waals surface area contributed by atoms with Crippen LogP contribution in [0.25, 0.3) is 11.0 Å². The number of hydrogen-bond donors (Lipinski definition) is 3. The normalized spacial score (nSPS) is 11.4. The molecule has 4 aromatic rings. The highest BCUT2D eigenvalue weighted by molar-refractivity contribution is 6.36. The number of aryl methyl sites for hydroxylation is 1. The summed E-state index contributed by atoms with van der Waals surface area (Å²) in [5.74, 6) is 0.151. The molecule has 0 saturated heterocycles. The Labute approximate surface area is 183 Å². The predicted octanol–water partition coefficient (Wildman–Crippen LogP) is 5.77. The fraction of sp³-hybridized carbons (Fsp3) is 0.100. The van der Waals surface area contributed by atoms with Crippen LogP contribution < -0.4 is 15.4 Å². The van der Waals surface area contributed by atoms with E-state index >= 15 is 0 Å². The molecule has 0 radical (unpaired) electrons. The number of nitrogens with one attached hydrogen (secondary N) is 3. The smallest absolute Gasteiger partial charge is 0.420 e. The summed E-state index contributed by atoms with van der Waals surface area (Å²) in [4.78, 5) is 26.9. The van der Waals surface area contributed by atoms with Crippen molar-refractivity contribution in [3.8, 4) is 11.5 Å². The van der Waals surface area contributed by atoms with Gasteiger partial charge in [-0.15, -0.1) is 0 Å². The summed E-state index contributed by atoms with van der Waals surface area (Å²) in [6.45, 7) is 1.67. The number of benzene rings is 1. The van der Waals surface area contributed by atoms with Crippen LogP contribution in [0.4, 0.5) is 29.3 Å². The minimum absolute atomic E-state index is 0.0882. The van der Waals surface area contributed by atoms with E-state index in [1.54, 1.807) is 6.92 Å². The fourth-order valence-corrected chi connectivity index (χ4v) is 3.10. The molecule has 0 unspecified atom stereocenters. The summed E-state index contributed by atoms with van der Waals surface area (Å²) in [5.41, 5.74) is -0.509. The highest BCUT2D eigenvalue weighted by atomic mass is 35.5. The molecule has 3 N–H and O–H groups in total. The second kappa shape index (κ2) is 8.35. The maximum atomic E-state index is 13.7. The highest BCUT2D eigenvalue weighted by Crippen LogP contribution is 2.41. The molecule has 32 heavy (non-hydrogen) atoms. The molecule has 0 spiro atoms. The van der Waals surface area contributed by atoms with Crippen molar-refractivity contribution in [2.45, 2.75) is 13.1 Å². The van der Waals surface area contributed by atoms with Crippen molar-refractivity contribution < 1.29 is 22.7 Å². The third kappa shape index (κ3) is 4.57. The number of rotatable bonds is 4. The number of amides is 2. The first-order valence-electron chi connectivity index (χ1n) is 9.08. The van der Waals surface area contributed by atoms with Crippen molar-refractivity contribution in [3.63, 3.8) is 0 Å². The Kier molecular flexibility index (Phi) is 5.57. The van der Waals surface area contributed by atoms with Crippen LogP contribution in [0, 0.1) is 6.92 Å². The monoisotopic (exact) mass is 462 g/mol. The number of H-pyrrole nitrogens is 1. The second-order valence-corrected chi connectivity index (χ2v) is 6.99. The number of alkyl halides is 3. The molecule has 0 fully saturated rings. The number of fused-ring (bicyclic) bond motifs is 1. The zero-order valence-corrected chi connectivity index (χ0v) is 17.0. The lowest BCUT2D eigenvalue weighted by atomic mass is 10.1. The van der Waals surface area contributed by atoms with Gasteiger partial charge < -0.3 is 20.4 Å². The molecule has 0 aliphatic heterocycles. The summed E-state index contributed by atoms with van der Waals surface area (Å²) < 4.78 is 46.7. The Morgan fingerprint density at radius 2 is 1.78 bits per heavy atom. The maximum Gasteiger partial charge on any atom is 0.420 e. The minimum Gasteiger partial charge on any atom is -0.456 e. The molecular formula is C20H14ClF3N6O2. The molecule has 1 aromatic carbocycles. The van der Waals surface area contributed by atoms with Gasteiger partial charge in [0.1, 0.15) is 28.5 Å². The molecule has 8 nitrogen and oxygen atoms in total. The summed E-state index contributed by atoms with van der Waals surface area (Å²) in [5, 5.41) is 5.39. The van der Waals surface area contributed by atoms with Gasteiger partial charge in [0.25, 0.3) is 0 Å². The van der Waals surface area contributed by atoms with E-state index in [1.807, 2.05) is 0 Å². The first-order valence-corrected chi connectivity index (χ1v) is 9.46. The van der Waals surface area contributed by atoms with E-state index in [2.05, 4.69) is 30.6 Å². The molecule has 0 saturated carbocycles. The van der Waals surface area contributed by atoms with E-state index in [0.717, 1.165) is 12.1 Å². The van der Waals surface area contributed by atoms with Crippen molar-refractivity contribution >= 4 is 40.0 Å². The van der Waals surface area contributed by atoms with Gasteiger partial charge in [-0.3, -0.25) is 0 Å². The van der Waals surface area contributed by atoms with Gasteiger partial charge in [-0.2, -0.15) is 13.2 Å². The molecule has 4 rings (SSSR count). The molecule has 3 aromatic heterocycles. The van der Waals surface area contributed by atoms with Gasteiger partial charge >= 0.3 is 12.2 Å². The SMILES string of the molecule is Cc1ncc(NC(=O)Nc2ccc(Oc3ccnc4[nH]cc(Cl)c34)c(C(F)(F)F)c2)cn1. The zero-order chi connectivity index (χ0) is 22.9. The van der Waals surface area contributed by atoms with E-state index in [-0.39, 0.29) is 22.1 Å². The van der Waals surface area contributed by atoms with Crippen molar-refractivity contribution in [1.82, 2.24) is 19.9 Å². The highest BCUT2D eigenvalue weighted by Gasteiger charge is 2.35. The van der Waals surface area contributed by atoms with Gasteiger partial charge in [0, 0.05) is 18.1 Å². The summed E-state index contributed by atoms with van der Waals surface area (Å²) in [6.07, 6.45) is 0.847. The third-order valence-corrected chi connectivity index (χ3v) is 4.59. The molecule has 12 heteroatoms. The molecule has 0 aliphatic rings. The van der Waals surface area contributed by atoms with Gasteiger partial charge in [0.15, 0.2) is 0 Å². The van der Waals surface area contributed by atoms with Crippen molar-refractivity contribution in [3.05, 3.63) is 65.5 Å². The molecule has 3 heterocycles. The number of hydrogen-bond acceptors (Lipinski definition) is 5. The van der Waals surface area contributed by atoms with Gasteiger partial charge in [-0.1, -0.05) is 11.6 Å². The Morgan fingerprint density at radius 1 is 1.06 bits per heavy atom. The third-order valence-electron chi connectivity index (χ3n) is 4.29. The number of aromatic amines is 1. The number of carbonyl (C=O) groups excluding carboxylic acids is 1. The topological polar surface area (TPSA) is 105 Å². The number of halogens is 4. The number of nitrogens with zero attached hydrogens (tertiary/aromatic N) is 3. The Bertz CT molecular complexity index is 1290. The van der Waals surface area contributed by atoms with Crippen LogP contribution in [0.2, 0.25) is 5.02 Å². The Hall–Kier alpha value is -3.86. The lowest BCUT2D eigenvalue weighted by molar-refractivity contribution is -0.138. The number of aromatic nitrogens is 4. The van der Waals surface area contributed by atoms with E-state index in [9.17, 15) is 18.0 Å². The fourth-order valence-electron chi connectivity index (χ4n) is 2.86. The predicted molar refractivity (Wildman–Crippen MR) is 112 cm³/mol.